The number of carboxylic acids is 1. The van der Waals surface area contributed by atoms with Gasteiger partial charge in [-0.25, -0.2) is 9.59 Å². The second-order valence-corrected chi connectivity index (χ2v) is 4.94. The van der Waals surface area contributed by atoms with Crippen molar-refractivity contribution in [3.8, 4) is 0 Å². The molecule has 1 unspecified atom stereocenters. The lowest BCUT2D eigenvalue weighted by molar-refractivity contribution is 0.0697. The zero-order chi connectivity index (χ0) is 14.7. The van der Waals surface area contributed by atoms with Crippen molar-refractivity contribution in [2.24, 2.45) is 0 Å². The first-order valence-corrected chi connectivity index (χ1v) is 6.55. The number of aryl methyl sites for hydroxylation is 1. The maximum Gasteiger partial charge on any atom is 0.335 e. The van der Waals surface area contributed by atoms with Crippen LogP contribution in [0.3, 0.4) is 0 Å². The molecule has 2 rings (SSSR count). The molecule has 0 saturated carbocycles. The molecule has 1 aliphatic heterocycles. The van der Waals surface area contributed by atoms with Crippen LogP contribution in [0.25, 0.3) is 0 Å². The van der Waals surface area contributed by atoms with Crippen LogP contribution in [0.4, 0.5) is 10.5 Å². The molecule has 1 heterocycles. The van der Waals surface area contributed by atoms with Crippen LogP contribution in [-0.2, 0) is 0 Å². The molecule has 0 aromatic heterocycles. The highest BCUT2D eigenvalue weighted by atomic mass is 16.4. The largest absolute Gasteiger partial charge is 0.478 e. The van der Waals surface area contributed by atoms with Crippen LogP contribution in [0.2, 0.25) is 0 Å². The van der Waals surface area contributed by atoms with Crippen molar-refractivity contribution < 1.29 is 19.8 Å². The van der Waals surface area contributed by atoms with Gasteiger partial charge in [-0.3, -0.25) is 0 Å². The molecule has 1 fully saturated rings. The van der Waals surface area contributed by atoms with Crippen LogP contribution < -0.4 is 5.32 Å². The van der Waals surface area contributed by atoms with E-state index < -0.39 is 5.97 Å². The van der Waals surface area contributed by atoms with Gasteiger partial charge in [0.05, 0.1) is 18.2 Å². The predicted molar refractivity (Wildman–Crippen MR) is 74.0 cm³/mol. The van der Waals surface area contributed by atoms with Gasteiger partial charge in [-0.05, 0) is 37.5 Å². The van der Waals surface area contributed by atoms with Gasteiger partial charge in [-0.15, -0.1) is 0 Å². The van der Waals surface area contributed by atoms with Gasteiger partial charge in [0.1, 0.15) is 0 Å². The molecule has 1 saturated heterocycles. The summed E-state index contributed by atoms with van der Waals surface area (Å²) in [5.41, 5.74) is 1.41. The van der Waals surface area contributed by atoms with Gasteiger partial charge in [-0.1, -0.05) is 6.07 Å². The number of carbonyl (C=O) groups excluding carboxylic acids is 1. The van der Waals surface area contributed by atoms with E-state index in [0.717, 1.165) is 18.4 Å². The quantitative estimate of drug-likeness (QED) is 0.784. The third-order valence-corrected chi connectivity index (χ3v) is 3.57. The first-order chi connectivity index (χ1) is 9.52. The van der Waals surface area contributed by atoms with E-state index >= 15 is 0 Å². The smallest absolute Gasteiger partial charge is 0.335 e. The van der Waals surface area contributed by atoms with Crippen LogP contribution in [0.5, 0.6) is 0 Å². The zero-order valence-electron chi connectivity index (χ0n) is 11.3. The number of aliphatic hydroxyl groups excluding tert-OH is 1. The Labute approximate surface area is 117 Å². The molecule has 0 spiro atoms. The fourth-order valence-corrected chi connectivity index (χ4v) is 2.37. The van der Waals surface area contributed by atoms with Gasteiger partial charge in [-0.2, -0.15) is 0 Å². The Morgan fingerprint density at radius 2 is 2.20 bits per heavy atom. The molecule has 20 heavy (non-hydrogen) atoms. The Morgan fingerprint density at radius 1 is 1.45 bits per heavy atom. The lowest BCUT2D eigenvalue weighted by Crippen LogP contribution is -2.40. The summed E-state index contributed by atoms with van der Waals surface area (Å²) in [6, 6.07) is 4.15. The molecule has 6 nitrogen and oxygen atoms in total. The second-order valence-electron chi connectivity index (χ2n) is 4.94. The number of urea groups is 1. The van der Waals surface area contributed by atoms with Gasteiger partial charge in [0, 0.05) is 12.2 Å². The summed E-state index contributed by atoms with van der Waals surface area (Å²) in [6.45, 7) is 2.35. The van der Waals surface area contributed by atoms with Gasteiger partial charge < -0.3 is 20.4 Å². The number of nitrogens with one attached hydrogen (secondary N) is 1. The summed E-state index contributed by atoms with van der Waals surface area (Å²) < 4.78 is 0. The monoisotopic (exact) mass is 278 g/mol. The van der Waals surface area contributed by atoms with E-state index in [1.807, 2.05) is 0 Å². The molecule has 108 valence electrons. The number of carboxylic acid groups (broad SMARTS) is 1. The first kappa shape index (κ1) is 14.3. The topological polar surface area (TPSA) is 89.9 Å². The van der Waals surface area contributed by atoms with Crippen LogP contribution in [0.15, 0.2) is 18.2 Å². The Hall–Kier alpha value is -2.08. The summed E-state index contributed by atoms with van der Waals surface area (Å²) >= 11 is 0. The van der Waals surface area contributed by atoms with Crippen molar-refractivity contribution in [3.63, 3.8) is 0 Å². The van der Waals surface area contributed by atoms with Crippen molar-refractivity contribution in [2.45, 2.75) is 25.8 Å². The standard InChI is InChI=1S/C14H18N2O4/c1-9-4-5-10(13(18)19)7-12(9)15-14(20)16-6-2-3-11(16)8-17/h4-5,7,11,17H,2-3,6,8H2,1H3,(H,15,20)(H,18,19). The van der Waals surface area contributed by atoms with E-state index in [-0.39, 0.29) is 24.2 Å². The molecule has 0 aliphatic carbocycles. The SMILES string of the molecule is Cc1ccc(C(=O)O)cc1NC(=O)N1CCCC1CO. The maximum absolute atomic E-state index is 12.2. The number of hydrogen-bond donors (Lipinski definition) is 3. The molecule has 1 aromatic rings. The number of carbonyl (C=O) groups is 2. The molecule has 0 radical (unpaired) electrons. The predicted octanol–water partition coefficient (Wildman–Crippen LogP) is 1.68. The number of anilines is 1. The van der Waals surface area contributed by atoms with E-state index in [1.165, 1.54) is 12.1 Å². The van der Waals surface area contributed by atoms with E-state index in [1.54, 1.807) is 17.9 Å². The fraction of sp³-hybridized carbons (Fsp3) is 0.429. The summed E-state index contributed by atoms with van der Waals surface area (Å²) in [7, 11) is 0. The molecule has 2 amide bonds. The fourth-order valence-electron chi connectivity index (χ4n) is 2.37. The zero-order valence-corrected chi connectivity index (χ0v) is 11.3. The molecule has 1 aromatic carbocycles. The van der Waals surface area contributed by atoms with Crippen LogP contribution in [-0.4, -0.2) is 46.3 Å². The Morgan fingerprint density at radius 3 is 2.85 bits per heavy atom. The van der Waals surface area contributed by atoms with E-state index in [0.29, 0.717) is 12.2 Å². The van der Waals surface area contributed by atoms with E-state index in [4.69, 9.17) is 5.11 Å². The minimum Gasteiger partial charge on any atom is -0.478 e. The van der Waals surface area contributed by atoms with Crippen molar-refractivity contribution >= 4 is 17.7 Å². The molecule has 1 atom stereocenters. The number of benzene rings is 1. The van der Waals surface area contributed by atoms with Crippen molar-refractivity contribution in [1.82, 2.24) is 4.90 Å². The number of likely N-dealkylation sites (tertiary alicyclic amines) is 1. The summed E-state index contributed by atoms with van der Waals surface area (Å²) in [6.07, 6.45) is 1.66. The number of amides is 2. The third-order valence-electron chi connectivity index (χ3n) is 3.57. The highest BCUT2D eigenvalue weighted by Crippen LogP contribution is 2.21. The van der Waals surface area contributed by atoms with E-state index in [9.17, 15) is 14.7 Å². The molecule has 6 heteroatoms. The van der Waals surface area contributed by atoms with E-state index in [2.05, 4.69) is 5.32 Å². The average Bonchev–Trinajstić information content (AvgIpc) is 2.89. The van der Waals surface area contributed by atoms with Crippen molar-refractivity contribution in [2.75, 3.05) is 18.5 Å². The third kappa shape index (κ3) is 2.91. The highest BCUT2D eigenvalue weighted by molar-refractivity contribution is 5.94. The Balaban J connectivity index is 2.15. The maximum atomic E-state index is 12.2. The molecular weight excluding hydrogens is 260 g/mol. The van der Waals surface area contributed by atoms with Crippen LogP contribution in [0, 0.1) is 6.92 Å². The van der Waals surface area contributed by atoms with Crippen LogP contribution in [0.1, 0.15) is 28.8 Å². The minimum atomic E-state index is -1.03. The molecule has 0 bridgehead atoms. The number of nitrogens with zero attached hydrogens (tertiary/aromatic N) is 1. The molecular formula is C14H18N2O4. The Kier molecular flexibility index (Phi) is 4.24. The Bertz CT molecular complexity index is 530. The number of aliphatic hydroxyl groups is 1. The van der Waals surface area contributed by atoms with Gasteiger partial charge in [0.25, 0.3) is 0 Å². The number of hydrogen-bond acceptors (Lipinski definition) is 3. The van der Waals surface area contributed by atoms with Gasteiger partial charge in [0.15, 0.2) is 0 Å². The van der Waals surface area contributed by atoms with Crippen molar-refractivity contribution in [1.29, 1.82) is 0 Å². The van der Waals surface area contributed by atoms with Gasteiger partial charge in [0.2, 0.25) is 0 Å². The number of rotatable bonds is 3. The van der Waals surface area contributed by atoms with Gasteiger partial charge >= 0.3 is 12.0 Å². The summed E-state index contributed by atoms with van der Waals surface area (Å²) in [5, 5.41) is 20.9. The second kappa shape index (κ2) is 5.92. The lowest BCUT2D eigenvalue weighted by atomic mass is 10.1. The molecule has 3 N–H and O–H groups in total. The normalized spacial score (nSPS) is 18.1. The highest BCUT2D eigenvalue weighted by Gasteiger charge is 2.28. The average molecular weight is 278 g/mol. The number of aromatic carboxylic acids is 1. The lowest BCUT2D eigenvalue weighted by Gasteiger charge is -2.23. The molecule has 1 aliphatic rings. The minimum absolute atomic E-state index is 0.0540. The van der Waals surface area contributed by atoms with Crippen molar-refractivity contribution in [3.05, 3.63) is 29.3 Å². The first-order valence-electron chi connectivity index (χ1n) is 6.55. The summed E-state index contributed by atoms with van der Waals surface area (Å²) in [5.74, 6) is -1.03. The van der Waals surface area contributed by atoms with Crippen LogP contribution >= 0.6 is 0 Å². The summed E-state index contributed by atoms with van der Waals surface area (Å²) in [4.78, 5) is 24.7.